The predicted molar refractivity (Wildman–Crippen MR) is 67.2 cm³/mol. The number of thioether (sulfide) groups is 1. The van der Waals surface area contributed by atoms with Gasteiger partial charge in [0.15, 0.2) is 0 Å². The summed E-state index contributed by atoms with van der Waals surface area (Å²) in [6, 6.07) is 9.62. The molecular formula is C13H14O4S. The van der Waals surface area contributed by atoms with Crippen molar-refractivity contribution in [1.82, 2.24) is 0 Å². The van der Waals surface area contributed by atoms with Gasteiger partial charge in [-0.1, -0.05) is 18.2 Å². The van der Waals surface area contributed by atoms with Gasteiger partial charge in [-0.25, -0.2) is 0 Å². The molecule has 1 saturated heterocycles. The van der Waals surface area contributed by atoms with Crippen molar-refractivity contribution in [3.63, 3.8) is 0 Å². The van der Waals surface area contributed by atoms with E-state index < -0.39 is 0 Å². The van der Waals surface area contributed by atoms with Crippen molar-refractivity contribution < 1.29 is 19.1 Å². The Balaban J connectivity index is 2.04. The van der Waals surface area contributed by atoms with Crippen LogP contribution in [0.15, 0.2) is 35.2 Å². The molecule has 0 aliphatic carbocycles. The average molecular weight is 266 g/mol. The zero-order chi connectivity index (χ0) is 13.0. The Hall–Kier alpha value is -1.49. The van der Waals surface area contributed by atoms with Crippen molar-refractivity contribution in [3.05, 3.63) is 30.3 Å². The average Bonchev–Trinajstić information content (AvgIpc) is 2.72. The number of esters is 2. The molecule has 1 aromatic carbocycles. The lowest BCUT2D eigenvalue weighted by atomic mass is 10.0. The number of hydrogen-bond acceptors (Lipinski definition) is 5. The highest BCUT2D eigenvalue weighted by Crippen LogP contribution is 2.34. The van der Waals surface area contributed by atoms with Gasteiger partial charge in [0.1, 0.15) is 5.25 Å². The van der Waals surface area contributed by atoms with E-state index in [0.29, 0.717) is 6.61 Å². The molecule has 1 fully saturated rings. The molecule has 1 aromatic rings. The second kappa shape index (κ2) is 5.91. The lowest BCUT2D eigenvalue weighted by Gasteiger charge is -2.13. The van der Waals surface area contributed by atoms with Crippen molar-refractivity contribution in [1.29, 1.82) is 0 Å². The fourth-order valence-corrected chi connectivity index (χ4v) is 2.94. The topological polar surface area (TPSA) is 52.6 Å². The van der Waals surface area contributed by atoms with Gasteiger partial charge in [-0.2, -0.15) is 0 Å². The van der Waals surface area contributed by atoms with Crippen LogP contribution in [0.4, 0.5) is 0 Å². The number of ether oxygens (including phenoxy) is 2. The van der Waals surface area contributed by atoms with Gasteiger partial charge in [-0.3, -0.25) is 9.59 Å². The highest BCUT2D eigenvalue weighted by molar-refractivity contribution is 8.00. The van der Waals surface area contributed by atoms with E-state index in [1.54, 1.807) is 0 Å². The fraction of sp³-hybridized carbons (Fsp3) is 0.385. The van der Waals surface area contributed by atoms with Crippen LogP contribution < -0.4 is 0 Å². The predicted octanol–water partition coefficient (Wildman–Crippen LogP) is 1.88. The van der Waals surface area contributed by atoms with E-state index in [2.05, 4.69) is 4.74 Å². The second-order valence-electron chi connectivity index (χ2n) is 4.02. The third-order valence-electron chi connectivity index (χ3n) is 2.76. The van der Waals surface area contributed by atoms with E-state index in [1.807, 2.05) is 30.3 Å². The normalized spacial score (nSPS) is 22.6. The third-order valence-corrected chi connectivity index (χ3v) is 4.14. The van der Waals surface area contributed by atoms with Crippen LogP contribution in [-0.4, -0.2) is 30.9 Å². The third kappa shape index (κ3) is 3.04. The van der Waals surface area contributed by atoms with E-state index in [1.165, 1.54) is 18.9 Å². The molecule has 0 saturated carbocycles. The maximum absolute atomic E-state index is 11.7. The molecule has 96 valence electrons. The van der Waals surface area contributed by atoms with Crippen LogP contribution in [0.5, 0.6) is 0 Å². The number of methoxy groups -OCH3 is 1. The molecule has 5 heteroatoms. The molecule has 0 N–H and O–H groups in total. The van der Waals surface area contributed by atoms with E-state index >= 15 is 0 Å². The van der Waals surface area contributed by atoms with Gasteiger partial charge in [0.25, 0.3) is 0 Å². The number of cyclic esters (lactones) is 1. The summed E-state index contributed by atoms with van der Waals surface area (Å²) in [5.74, 6) is -0.676. The van der Waals surface area contributed by atoms with Crippen molar-refractivity contribution in [2.45, 2.75) is 16.6 Å². The summed E-state index contributed by atoms with van der Waals surface area (Å²) < 4.78 is 9.66. The Morgan fingerprint density at radius 2 is 2.17 bits per heavy atom. The van der Waals surface area contributed by atoms with Crippen LogP contribution in [0, 0.1) is 5.92 Å². The Labute approximate surface area is 110 Å². The van der Waals surface area contributed by atoms with E-state index in [0.717, 1.165) is 4.90 Å². The Morgan fingerprint density at radius 1 is 1.44 bits per heavy atom. The molecule has 0 bridgehead atoms. The van der Waals surface area contributed by atoms with Crippen molar-refractivity contribution in [3.8, 4) is 0 Å². The Bertz CT molecular complexity index is 432. The first-order valence-corrected chi connectivity index (χ1v) is 6.54. The summed E-state index contributed by atoms with van der Waals surface area (Å²) in [5, 5.41) is -0.327. The molecule has 1 aliphatic heterocycles. The van der Waals surface area contributed by atoms with Crippen LogP contribution in [0.2, 0.25) is 0 Å². The molecule has 2 rings (SSSR count). The summed E-state index contributed by atoms with van der Waals surface area (Å²) in [5.41, 5.74) is 0. The Morgan fingerprint density at radius 3 is 2.83 bits per heavy atom. The van der Waals surface area contributed by atoms with E-state index in [-0.39, 0.29) is 29.5 Å². The second-order valence-corrected chi connectivity index (χ2v) is 5.24. The first kappa shape index (κ1) is 13.0. The van der Waals surface area contributed by atoms with Crippen LogP contribution in [0.25, 0.3) is 0 Å². The molecule has 1 aliphatic rings. The lowest BCUT2D eigenvalue weighted by Crippen LogP contribution is -2.22. The molecule has 0 spiro atoms. The largest absolute Gasteiger partial charge is 0.469 e. The number of benzene rings is 1. The summed E-state index contributed by atoms with van der Waals surface area (Å²) in [7, 11) is 1.35. The molecule has 18 heavy (non-hydrogen) atoms. The summed E-state index contributed by atoms with van der Waals surface area (Å²) in [6.45, 7) is 0.290. The van der Waals surface area contributed by atoms with E-state index in [4.69, 9.17) is 4.74 Å². The van der Waals surface area contributed by atoms with Gasteiger partial charge in [0.05, 0.1) is 20.1 Å². The molecular weight excluding hydrogens is 252 g/mol. The number of carbonyl (C=O) groups excluding carboxylic acids is 2. The van der Waals surface area contributed by atoms with Gasteiger partial charge in [0, 0.05) is 10.8 Å². The zero-order valence-corrected chi connectivity index (χ0v) is 10.8. The Kier molecular flexibility index (Phi) is 4.25. The number of hydrogen-bond donors (Lipinski definition) is 0. The maximum Gasteiger partial charge on any atom is 0.319 e. The summed E-state index contributed by atoms with van der Waals surface area (Å²) in [6.07, 6.45) is 0.215. The molecule has 0 unspecified atom stereocenters. The number of carbonyl (C=O) groups is 2. The first-order valence-electron chi connectivity index (χ1n) is 5.66. The maximum atomic E-state index is 11.7. The number of rotatable bonds is 4. The molecule has 0 aromatic heterocycles. The fourth-order valence-electron chi connectivity index (χ4n) is 1.80. The van der Waals surface area contributed by atoms with Gasteiger partial charge < -0.3 is 9.47 Å². The highest BCUT2D eigenvalue weighted by atomic mass is 32.2. The quantitative estimate of drug-likeness (QED) is 0.779. The summed E-state index contributed by atoms with van der Waals surface area (Å²) >= 11 is 1.44. The van der Waals surface area contributed by atoms with Crippen molar-refractivity contribution in [2.75, 3.05) is 13.7 Å². The standard InChI is InChI=1S/C13H14O4S/c1-16-11(14)7-9-8-17-13(15)12(9)18-10-5-3-2-4-6-10/h2-6,9,12H,7-8H2,1H3/t9-,12+/m1/s1. The minimum atomic E-state index is -0.327. The van der Waals surface area contributed by atoms with E-state index in [9.17, 15) is 9.59 Å². The molecule has 0 amide bonds. The SMILES string of the molecule is COC(=O)C[C@@H]1COC(=O)[C@H]1Sc1ccccc1. The summed E-state index contributed by atoms with van der Waals surface area (Å²) in [4.78, 5) is 23.9. The molecule has 4 nitrogen and oxygen atoms in total. The van der Waals surface area contributed by atoms with Crippen LogP contribution in [0.3, 0.4) is 0 Å². The zero-order valence-electron chi connectivity index (χ0n) is 10.00. The molecule has 2 atom stereocenters. The molecule has 0 radical (unpaired) electrons. The van der Waals surface area contributed by atoms with Gasteiger partial charge in [-0.15, -0.1) is 11.8 Å². The van der Waals surface area contributed by atoms with Crippen molar-refractivity contribution >= 4 is 23.7 Å². The lowest BCUT2D eigenvalue weighted by molar-refractivity contribution is -0.142. The highest BCUT2D eigenvalue weighted by Gasteiger charge is 2.39. The van der Waals surface area contributed by atoms with Crippen LogP contribution in [-0.2, 0) is 19.1 Å². The van der Waals surface area contributed by atoms with Gasteiger partial charge in [0.2, 0.25) is 0 Å². The van der Waals surface area contributed by atoms with Crippen LogP contribution >= 0.6 is 11.8 Å². The van der Waals surface area contributed by atoms with Gasteiger partial charge >= 0.3 is 11.9 Å². The monoisotopic (exact) mass is 266 g/mol. The van der Waals surface area contributed by atoms with Crippen molar-refractivity contribution in [2.24, 2.45) is 5.92 Å². The smallest absolute Gasteiger partial charge is 0.319 e. The molecule has 1 heterocycles. The van der Waals surface area contributed by atoms with Crippen LogP contribution in [0.1, 0.15) is 6.42 Å². The minimum Gasteiger partial charge on any atom is -0.469 e. The first-order chi connectivity index (χ1) is 8.70. The van der Waals surface area contributed by atoms with Gasteiger partial charge in [-0.05, 0) is 12.1 Å². The minimum absolute atomic E-state index is 0.116.